The predicted octanol–water partition coefficient (Wildman–Crippen LogP) is 1.82. The smallest absolute Gasteiger partial charge is 0.226 e. The van der Waals surface area contributed by atoms with Crippen molar-refractivity contribution < 1.29 is 4.79 Å². The van der Waals surface area contributed by atoms with E-state index in [1.165, 1.54) is 32.1 Å². The maximum absolute atomic E-state index is 12.4. The Morgan fingerprint density at radius 2 is 1.88 bits per heavy atom. The summed E-state index contributed by atoms with van der Waals surface area (Å²) in [5.74, 6) is 1.06. The fourth-order valence-electron chi connectivity index (χ4n) is 3.72. The van der Waals surface area contributed by atoms with Gasteiger partial charge in [-0.2, -0.15) is 0 Å². The zero-order valence-electron chi connectivity index (χ0n) is 10.6. The Hall–Kier alpha value is -0.570. The van der Waals surface area contributed by atoms with Crippen LogP contribution in [0.4, 0.5) is 0 Å². The van der Waals surface area contributed by atoms with Gasteiger partial charge >= 0.3 is 0 Å². The number of amides is 1. The van der Waals surface area contributed by atoms with Crippen LogP contribution in [0.3, 0.4) is 0 Å². The molecular weight excluding hydrogens is 212 g/mol. The van der Waals surface area contributed by atoms with E-state index in [-0.39, 0.29) is 5.41 Å². The summed E-state index contributed by atoms with van der Waals surface area (Å²) in [6.45, 7) is 2.02. The van der Waals surface area contributed by atoms with Crippen LogP contribution in [0.25, 0.3) is 0 Å². The SMILES string of the molecule is O=C(NC1CCNC1)C1(C2CCCCC2)CC1. The molecule has 1 heterocycles. The first kappa shape index (κ1) is 11.5. The van der Waals surface area contributed by atoms with Crippen molar-refractivity contribution in [1.29, 1.82) is 0 Å². The standard InChI is InChI=1S/C14H24N2O/c17-13(16-12-6-9-15-10-12)14(7-8-14)11-4-2-1-3-5-11/h11-12,15H,1-10H2,(H,16,17). The third kappa shape index (κ3) is 2.22. The van der Waals surface area contributed by atoms with Gasteiger partial charge in [0.15, 0.2) is 0 Å². The molecule has 1 amide bonds. The Labute approximate surface area is 104 Å². The minimum atomic E-state index is 0.0585. The number of nitrogens with one attached hydrogen (secondary N) is 2. The third-order valence-corrected chi connectivity index (χ3v) is 5.02. The molecule has 1 atom stereocenters. The third-order valence-electron chi connectivity index (χ3n) is 5.02. The highest BCUT2D eigenvalue weighted by atomic mass is 16.2. The number of carbonyl (C=O) groups is 1. The Bertz CT molecular complexity index is 287. The summed E-state index contributed by atoms with van der Waals surface area (Å²) in [5, 5.41) is 6.59. The summed E-state index contributed by atoms with van der Waals surface area (Å²) in [7, 11) is 0. The van der Waals surface area contributed by atoms with E-state index in [4.69, 9.17) is 0 Å². The van der Waals surface area contributed by atoms with Gasteiger partial charge in [-0.3, -0.25) is 4.79 Å². The van der Waals surface area contributed by atoms with Crippen molar-refractivity contribution in [3.63, 3.8) is 0 Å². The van der Waals surface area contributed by atoms with Crippen molar-refractivity contribution in [2.75, 3.05) is 13.1 Å². The van der Waals surface area contributed by atoms with Crippen LogP contribution in [-0.4, -0.2) is 25.0 Å². The van der Waals surface area contributed by atoms with Crippen molar-refractivity contribution in [3.8, 4) is 0 Å². The normalized spacial score (nSPS) is 32.4. The minimum absolute atomic E-state index is 0.0585. The number of hydrogen-bond donors (Lipinski definition) is 2. The summed E-state index contributed by atoms with van der Waals surface area (Å²) in [6, 6.07) is 0.392. The molecule has 0 aromatic rings. The summed E-state index contributed by atoms with van der Waals surface area (Å²) < 4.78 is 0. The van der Waals surface area contributed by atoms with Gasteiger partial charge in [0.1, 0.15) is 0 Å². The summed E-state index contributed by atoms with van der Waals surface area (Å²) >= 11 is 0. The lowest BCUT2D eigenvalue weighted by molar-refractivity contribution is -0.129. The summed E-state index contributed by atoms with van der Waals surface area (Å²) in [5.41, 5.74) is 0.0585. The molecule has 0 aromatic heterocycles. The second-order valence-corrected chi connectivity index (χ2v) is 6.15. The second kappa shape index (κ2) is 4.60. The van der Waals surface area contributed by atoms with Crippen LogP contribution in [0.5, 0.6) is 0 Å². The van der Waals surface area contributed by atoms with Crippen LogP contribution in [0.2, 0.25) is 0 Å². The number of carbonyl (C=O) groups excluding carboxylic acids is 1. The van der Waals surface area contributed by atoms with Gasteiger partial charge in [-0.15, -0.1) is 0 Å². The van der Waals surface area contributed by atoms with Gasteiger partial charge in [-0.05, 0) is 44.6 Å². The quantitative estimate of drug-likeness (QED) is 0.785. The van der Waals surface area contributed by atoms with Crippen LogP contribution in [0, 0.1) is 11.3 Å². The molecule has 1 saturated heterocycles. The predicted molar refractivity (Wildman–Crippen MR) is 67.7 cm³/mol. The maximum atomic E-state index is 12.4. The van der Waals surface area contributed by atoms with Crippen LogP contribution >= 0.6 is 0 Å². The molecule has 2 saturated carbocycles. The largest absolute Gasteiger partial charge is 0.352 e. The maximum Gasteiger partial charge on any atom is 0.226 e. The van der Waals surface area contributed by atoms with E-state index in [2.05, 4.69) is 10.6 Å². The zero-order chi connectivity index (χ0) is 11.7. The van der Waals surface area contributed by atoms with E-state index in [9.17, 15) is 4.79 Å². The molecule has 3 aliphatic rings. The summed E-state index contributed by atoms with van der Waals surface area (Å²) in [4.78, 5) is 12.4. The molecule has 1 aliphatic heterocycles. The van der Waals surface area contributed by atoms with Gasteiger partial charge in [0.2, 0.25) is 5.91 Å². The number of hydrogen-bond acceptors (Lipinski definition) is 2. The van der Waals surface area contributed by atoms with Gasteiger partial charge in [0.05, 0.1) is 5.41 Å². The van der Waals surface area contributed by atoms with Gasteiger partial charge < -0.3 is 10.6 Å². The van der Waals surface area contributed by atoms with Gasteiger partial charge in [-0.1, -0.05) is 19.3 Å². The van der Waals surface area contributed by atoms with E-state index in [1.54, 1.807) is 0 Å². The van der Waals surface area contributed by atoms with Gasteiger partial charge in [0.25, 0.3) is 0 Å². The van der Waals surface area contributed by atoms with Crippen molar-refractivity contribution in [1.82, 2.24) is 10.6 Å². The fourth-order valence-corrected chi connectivity index (χ4v) is 3.72. The topological polar surface area (TPSA) is 41.1 Å². The van der Waals surface area contributed by atoms with Crippen molar-refractivity contribution in [2.45, 2.75) is 57.4 Å². The molecule has 0 aromatic carbocycles. The molecule has 0 spiro atoms. The fraction of sp³-hybridized carbons (Fsp3) is 0.929. The van der Waals surface area contributed by atoms with Crippen LogP contribution in [0.1, 0.15) is 51.4 Å². The highest BCUT2D eigenvalue weighted by Gasteiger charge is 2.55. The molecular formula is C14H24N2O. The first-order chi connectivity index (χ1) is 8.31. The Morgan fingerprint density at radius 1 is 1.12 bits per heavy atom. The molecule has 96 valence electrons. The van der Waals surface area contributed by atoms with Crippen LogP contribution in [-0.2, 0) is 4.79 Å². The Balaban J connectivity index is 1.59. The molecule has 2 aliphatic carbocycles. The molecule has 3 nitrogen and oxygen atoms in total. The lowest BCUT2D eigenvalue weighted by Crippen LogP contribution is -2.43. The monoisotopic (exact) mass is 236 g/mol. The molecule has 1 unspecified atom stereocenters. The van der Waals surface area contributed by atoms with E-state index >= 15 is 0 Å². The molecule has 0 bridgehead atoms. The first-order valence-electron chi connectivity index (χ1n) is 7.33. The van der Waals surface area contributed by atoms with Crippen LogP contribution in [0.15, 0.2) is 0 Å². The molecule has 3 fully saturated rings. The van der Waals surface area contributed by atoms with E-state index in [0.29, 0.717) is 17.9 Å². The molecule has 3 heteroatoms. The average molecular weight is 236 g/mol. The first-order valence-corrected chi connectivity index (χ1v) is 7.33. The lowest BCUT2D eigenvalue weighted by atomic mass is 9.77. The highest BCUT2D eigenvalue weighted by Crippen LogP contribution is 2.56. The van der Waals surface area contributed by atoms with Gasteiger partial charge in [-0.25, -0.2) is 0 Å². The molecule has 17 heavy (non-hydrogen) atoms. The molecule has 3 rings (SSSR count). The molecule has 0 radical (unpaired) electrons. The minimum Gasteiger partial charge on any atom is -0.352 e. The lowest BCUT2D eigenvalue weighted by Gasteiger charge is -2.30. The van der Waals surface area contributed by atoms with Crippen molar-refractivity contribution in [2.24, 2.45) is 11.3 Å². The van der Waals surface area contributed by atoms with E-state index < -0.39 is 0 Å². The molecule has 2 N–H and O–H groups in total. The van der Waals surface area contributed by atoms with E-state index in [1.807, 2.05) is 0 Å². The second-order valence-electron chi connectivity index (χ2n) is 6.15. The van der Waals surface area contributed by atoms with E-state index in [0.717, 1.165) is 32.4 Å². The Morgan fingerprint density at radius 3 is 2.47 bits per heavy atom. The Kier molecular flexibility index (Phi) is 3.12. The highest BCUT2D eigenvalue weighted by molar-refractivity contribution is 5.86. The zero-order valence-corrected chi connectivity index (χ0v) is 10.6. The van der Waals surface area contributed by atoms with Crippen molar-refractivity contribution in [3.05, 3.63) is 0 Å². The summed E-state index contributed by atoms with van der Waals surface area (Å²) in [6.07, 6.45) is 10.0. The number of rotatable bonds is 3. The van der Waals surface area contributed by atoms with Crippen LogP contribution < -0.4 is 10.6 Å². The van der Waals surface area contributed by atoms with Crippen molar-refractivity contribution >= 4 is 5.91 Å². The van der Waals surface area contributed by atoms with Gasteiger partial charge in [0, 0.05) is 12.6 Å². The average Bonchev–Trinajstić information content (AvgIpc) is 3.04.